The lowest BCUT2D eigenvalue weighted by atomic mass is 9.95. The third kappa shape index (κ3) is 3.69. The Hall–Kier alpha value is -2.25. The molecule has 0 spiro atoms. The maximum Gasteiger partial charge on any atom is 0.184 e. The summed E-state index contributed by atoms with van der Waals surface area (Å²) in [5.41, 5.74) is 2.16. The fourth-order valence-corrected chi connectivity index (χ4v) is 3.57. The number of hydrogen-bond acceptors (Lipinski definition) is 6. The Kier molecular flexibility index (Phi) is 4.97. The maximum absolute atomic E-state index is 9.86. The number of hydrogen-bond donors (Lipinski definition) is 1. The van der Waals surface area contributed by atoms with Crippen LogP contribution in [0, 0.1) is 0 Å². The molecule has 1 aliphatic heterocycles. The van der Waals surface area contributed by atoms with Crippen molar-refractivity contribution in [3.8, 4) is 0 Å². The lowest BCUT2D eigenvalue weighted by Gasteiger charge is -2.31. The number of aromatic nitrogens is 5. The summed E-state index contributed by atoms with van der Waals surface area (Å²) in [4.78, 5) is 11.8. The van der Waals surface area contributed by atoms with E-state index in [0.717, 1.165) is 43.1 Å². The van der Waals surface area contributed by atoms with Crippen LogP contribution in [0.5, 0.6) is 0 Å². The molecule has 0 saturated carbocycles. The molecule has 0 bridgehead atoms. The van der Waals surface area contributed by atoms with Crippen LogP contribution >= 0.6 is 11.6 Å². The monoisotopic (exact) mass is 400 g/mol. The van der Waals surface area contributed by atoms with Gasteiger partial charge in [0.05, 0.1) is 12.6 Å². The van der Waals surface area contributed by atoms with Gasteiger partial charge in [0.25, 0.3) is 0 Å². The molecule has 2 aromatic heterocycles. The molecule has 8 heteroatoms. The largest absolute Gasteiger partial charge is 0.393 e. The molecule has 0 amide bonds. The van der Waals surface area contributed by atoms with E-state index in [9.17, 15) is 5.11 Å². The smallest absolute Gasteiger partial charge is 0.184 e. The zero-order valence-electron chi connectivity index (χ0n) is 16.4. The molecule has 3 aromatic rings. The fraction of sp³-hybridized carbons (Fsp3) is 0.500. The second-order valence-corrected chi connectivity index (χ2v) is 8.76. The zero-order valence-corrected chi connectivity index (χ0v) is 17.2. The Morgan fingerprint density at radius 1 is 1.14 bits per heavy atom. The van der Waals surface area contributed by atoms with Gasteiger partial charge in [-0.05, 0) is 24.5 Å². The number of aliphatic hydroxyl groups excluding tert-OH is 1. The van der Waals surface area contributed by atoms with Gasteiger partial charge in [0, 0.05) is 23.5 Å². The molecule has 0 unspecified atom stereocenters. The van der Waals surface area contributed by atoms with Crippen LogP contribution in [0.1, 0.15) is 45.0 Å². The Morgan fingerprint density at radius 2 is 1.86 bits per heavy atom. The van der Waals surface area contributed by atoms with Gasteiger partial charge in [0.2, 0.25) is 0 Å². The lowest BCUT2D eigenvalue weighted by Crippen LogP contribution is -2.37. The van der Waals surface area contributed by atoms with Gasteiger partial charge in [-0.2, -0.15) is 0 Å². The van der Waals surface area contributed by atoms with Crippen molar-refractivity contribution in [2.75, 3.05) is 18.0 Å². The first-order valence-electron chi connectivity index (χ1n) is 9.61. The fourth-order valence-electron chi connectivity index (χ4n) is 3.37. The number of piperidine rings is 1. The molecule has 7 nitrogen and oxygen atoms in total. The molecular formula is C20H25ClN6O. The Bertz CT molecular complexity index is 988. The van der Waals surface area contributed by atoms with E-state index in [1.165, 1.54) is 0 Å². The van der Waals surface area contributed by atoms with Crippen molar-refractivity contribution in [1.82, 2.24) is 25.0 Å². The molecule has 4 rings (SSSR count). The Labute approximate surface area is 169 Å². The average Bonchev–Trinajstić information content (AvgIpc) is 3.06. The van der Waals surface area contributed by atoms with Crippen molar-refractivity contribution in [3.63, 3.8) is 0 Å². The quantitative estimate of drug-likeness (QED) is 0.727. The van der Waals surface area contributed by atoms with Gasteiger partial charge in [-0.25, -0.2) is 14.6 Å². The highest BCUT2D eigenvalue weighted by atomic mass is 35.5. The van der Waals surface area contributed by atoms with Crippen LogP contribution in [0.25, 0.3) is 11.2 Å². The van der Waals surface area contributed by atoms with Crippen LogP contribution in [0.2, 0.25) is 5.02 Å². The van der Waals surface area contributed by atoms with E-state index in [0.29, 0.717) is 22.7 Å². The first-order valence-corrected chi connectivity index (χ1v) is 9.99. The van der Waals surface area contributed by atoms with E-state index >= 15 is 0 Å². The van der Waals surface area contributed by atoms with Gasteiger partial charge in [-0.3, -0.25) is 0 Å². The summed E-state index contributed by atoms with van der Waals surface area (Å²) in [5.74, 6) is 1.55. The molecule has 1 fully saturated rings. The van der Waals surface area contributed by atoms with E-state index in [-0.39, 0.29) is 11.5 Å². The summed E-state index contributed by atoms with van der Waals surface area (Å²) in [5, 5.41) is 19.3. The second kappa shape index (κ2) is 7.29. The normalized spacial score (nSPS) is 16.1. The highest BCUT2D eigenvalue weighted by molar-refractivity contribution is 6.31. The van der Waals surface area contributed by atoms with Crippen LogP contribution in [0.4, 0.5) is 5.82 Å². The highest BCUT2D eigenvalue weighted by Crippen LogP contribution is 2.29. The topological polar surface area (TPSA) is 80.0 Å². The van der Waals surface area contributed by atoms with Crippen molar-refractivity contribution in [1.29, 1.82) is 0 Å². The number of fused-ring (bicyclic) bond motifs is 1. The van der Waals surface area contributed by atoms with E-state index in [1.54, 1.807) is 4.68 Å². The first-order chi connectivity index (χ1) is 13.3. The molecule has 1 N–H and O–H groups in total. The molecule has 1 aliphatic rings. The summed E-state index contributed by atoms with van der Waals surface area (Å²) >= 11 is 6.34. The van der Waals surface area contributed by atoms with Gasteiger partial charge in [0.1, 0.15) is 5.82 Å². The van der Waals surface area contributed by atoms with Crippen molar-refractivity contribution < 1.29 is 5.11 Å². The highest BCUT2D eigenvalue weighted by Gasteiger charge is 2.27. The molecule has 0 aliphatic carbocycles. The van der Waals surface area contributed by atoms with Gasteiger partial charge < -0.3 is 10.0 Å². The van der Waals surface area contributed by atoms with Gasteiger partial charge >= 0.3 is 0 Å². The second-order valence-electron chi connectivity index (χ2n) is 8.35. The van der Waals surface area contributed by atoms with Crippen molar-refractivity contribution in [3.05, 3.63) is 40.7 Å². The summed E-state index contributed by atoms with van der Waals surface area (Å²) in [7, 11) is 0. The summed E-state index contributed by atoms with van der Waals surface area (Å²) in [6, 6.07) is 7.72. The molecule has 1 saturated heterocycles. The van der Waals surface area contributed by atoms with Crippen LogP contribution in [0.15, 0.2) is 24.3 Å². The molecule has 1 aromatic carbocycles. The SMILES string of the molecule is CC(C)(C)c1nc(N2CCC(O)CC2)c2nnn(Cc3ccccc3Cl)c2n1. The third-order valence-corrected chi connectivity index (χ3v) is 5.43. The van der Waals surface area contributed by atoms with Crippen LogP contribution in [0.3, 0.4) is 0 Å². The number of anilines is 1. The summed E-state index contributed by atoms with van der Waals surface area (Å²) < 4.78 is 1.79. The Morgan fingerprint density at radius 3 is 2.54 bits per heavy atom. The number of benzene rings is 1. The molecule has 0 atom stereocenters. The molecular weight excluding hydrogens is 376 g/mol. The van der Waals surface area contributed by atoms with E-state index < -0.39 is 0 Å². The van der Waals surface area contributed by atoms with E-state index in [4.69, 9.17) is 21.6 Å². The average molecular weight is 401 g/mol. The summed E-state index contributed by atoms with van der Waals surface area (Å²) in [6.45, 7) is 8.28. The zero-order chi connectivity index (χ0) is 19.9. The van der Waals surface area contributed by atoms with E-state index in [2.05, 4.69) is 36.0 Å². The predicted molar refractivity (Wildman–Crippen MR) is 110 cm³/mol. The third-order valence-electron chi connectivity index (χ3n) is 5.06. The van der Waals surface area contributed by atoms with Gasteiger partial charge in [-0.1, -0.05) is 55.8 Å². The van der Waals surface area contributed by atoms with Crippen molar-refractivity contribution in [2.45, 2.75) is 51.7 Å². The van der Waals surface area contributed by atoms with E-state index in [1.807, 2.05) is 24.3 Å². The molecule has 28 heavy (non-hydrogen) atoms. The van der Waals surface area contributed by atoms with Crippen LogP contribution < -0.4 is 4.90 Å². The first kappa shape index (κ1) is 19.1. The maximum atomic E-state index is 9.86. The van der Waals surface area contributed by atoms with Gasteiger partial charge in [0.15, 0.2) is 17.0 Å². The standard InChI is InChI=1S/C20H25ClN6O/c1-20(2,3)19-22-17(26-10-8-14(28)9-11-26)16-18(23-19)27(25-24-16)12-13-6-4-5-7-15(13)21/h4-7,14,28H,8-12H2,1-3H3. The van der Waals surface area contributed by atoms with Crippen LogP contribution in [-0.4, -0.2) is 49.3 Å². The lowest BCUT2D eigenvalue weighted by molar-refractivity contribution is 0.145. The molecule has 148 valence electrons. The van der Waals surface area contributed by atoms with Crippen molar-refractivity contribution in [2.24, 2.45) is 0 Å². The molecule has 3 heterocycles. The minimum Gasteiger partial charge on any atom is -0.393 e. The van der Waals surface area contributed by atoms with Gasteiger partial charge in [-0.15, -0.1) is 5.10 Å². The Balaban J connectivity index is 1.81. The predicted octanol–water partition coefficient (Wildman–Crippen LogP) is 3.18. The van der Waals surface area contributed by atoms with Crippen molar-refractivity contribution >= 4 is 28.6 Å². The minimum atomic E-state index is -0.244. The summed E-state index contributed by atoms with van der Waals surface area (Å²) in [6.07, 6.45) is 1.21. The van der Waals surface area contributed by atoms with Crippen LogP contribution in [-0.2, 0) is 12.0 Å². The number of nitrogens with zero attached hydrogens (tertiary/aromatic N) is 6. The number of aliphatic hydroxyl groups is 1. The minimum absolute atomic E-state index is 0.211. The number of rotatable bonds is 3. The number of halogens is 1. The molecule has 0 radical (unpaired) electrons.